The van der Waals surface area contributed by atoms with E-state index in [1.165, 1.54) is 0 Å². The molecule has 0 radical (unpaired) electrons. The molecule has 2 nitrogen and oxygen atoms in total. The SMILES string of the molecule is O=C(Cc1ccccc1Cl)N1CCC1. The van der Waals surface area contributed by atoms with Crippen LogP contribution in [-0.2, 0) is 11.2 Å². The molecule has 0 aliphatic carbocycles. The van der Waals surface area contributed by atoms with Crippen molar-refractivity contribution in [2.75, 3.05) is 13.1 Å². The molecule has 0 bridgehead atoms. The zero-order valence-corrected chi connectivity index (χ0v) is 8.63. The van der Waals surface area contributed by atoms with Crippen molar-refractivity contribution in [1.29, 1.82) is 0 Å². The van der Waals surface area contributed by atoms with Gasteiger partial charge in [-0.3, -0.25) is 4.79 Å². The standard InChI is InChI=1S/C11H12ClNO/c12-10-5-2-1-4-9(10)8-11(14)13-6-3-7-13/h1-2,4-5H,3,6-8H2. The molecular formula is C11H12ClNO. The Morgan fingerprint density at radius 3 is 2.64 bits per heavy atom. The summed E-state index contributed by atoms with van der Waals surface area (Å²) in [5.41, 5.74) is 0.922. The van der Waals surface area contributed by atoms with Crippen molar-refractivity contribution in [3.8, 4) is 0 Å². The summed E-state index contributed by atoms with van der Waals surface area (Å²) in [6.45, 7) is 1.81. The van der Waals surface area contributed by atoms with Gasteiger partial charge in [0.25, 0.3) is 0 Å². The van der Waals surface area contributed by atoms with Crippen LogP contribution in [0.5, 0.6) is 0 Å². The third-order valence-electron chi connectivity index (χ3n) is 2.51. The van der Waals surface area contributed by atoms with Crippen molar-refractivity contribution in [3.63, 3.8) is 0 Å². The lowest BCUT2D eigenvalue weighted by atomic mass is 10.1. The molecule has 74 valence electrons. The van der Waals surface area contributed by atoms with Crippen LogP contribution < -0.4 is 0 Å². The van der Waals surface area contributed by atoms with Gasteiger partial charge in [-0.25, -0.2) is 0 Å². The molecule has 3 heteroatoms. The average Bonchev–Trinajstić information content (AvgIpc) is 2.05. The Bertz CT molecular complexity index is 347. The summed E-state index contributed by atoms with van der Waals surface area (Å²) in [7, 11) is 0. The summed E-state index contributed by atoms with van der Waals surface area (Å²) in [4.78, 5) is 13.5. The van der Waals surface area contributed by atoms with E-state index in [0.29, 0.717) is 11.4 Å². The number of nitrogens with zero attached hydrogens (tertiary/aromatic N) is 1. The second kappa shape index (κ2) is 4.01. The molecule has 1 saturated heterocycles. The first kappa shape index (κ1) is 9.53. The molecule has 0 unspecified atom stereocenters. The average molecular weight is 210 g/mol. The van der Waals surface area contributed by atoms with E-state index in [1.54, 1.807) is 0 Å². The molecule has 1 aliphatic heterocycles. The number of carbonyl (C=O) groups excluding carboxylic acids is 1. The van der Waals surface area contributed by atoms with Gasteiger partial charge in [-0.15, -0.1) is 0 Å². The van der Waals surface area contributed by atoms with Crippen molar-refractivity contribution in [2.24, 2.45) is 0 Å². The lowest BCUT2D eigenvalue weighted by molar-refractivity contribution is -0.133. The molecule has 1 fully saturated rings. The molecule has 0 spiro atoms. The van der Waals surface area contributed by atoms with Crippen LogP contribution in [0.2, 0.25) is 5.02 Å². The van der Waals surface area contributed by atoms with E-state index in [4.69, 9.17) is 11.6 Å². The number of halogens is 1. The van der Waals surface area contributed by atoms with Gasteiger partial charge in [-0.1, -0.05) is 29.8 Å². The van der Waals surface area contributed by atoms with Gasteiger partial charge in [0, 0.05) is 18.1 Å². The normalized spacial score (nSPS) is 15.1. The van der Waals surface area contributed by atoms with Crippen LogP contribution >= 0.6 is 11.6 Å². The molecule has 1 amide bonds. The summed E-state index contributed by atoms with van der Waals surface area (Å²) < 4.78 is 0. The third kappa shape index (κ3) is 1.90. The molecule has 0 N–H and O–H groups in total. The Morgan fingerprint density at radius 2 is 2.07 bits per heavy atom. The largest absolute Gasteiger partial charge is 0.342 e. The van der Waals surface area contributed by atoms with Gasteiger partial charge >= 0.3 is 0 Å². The zero-order valence-electron chi connectivity index (χ0n) is 7.87. The Balaban J connectivity index is 2.03. The van der Waals surface area contributed by atoms with E-state index in [9.17, 15) is 4.79 Å². The quantitative estimate of drug-likeness (QED) is 0.731. The van der Waals surface area contributed by atoms with Crippen LogP contribution in [0.3, 0.4) is 0 Å². The summed E-state index contributed by atoms with van der Waals surface area (Å²) in [5.74, 6) is 0.185. The van der Waals surface area contributed by atoms with Gasteiger partial charge in [-0.05, 0) is 18.1 Å². The van der Waals surface area contributed by atoms with Crippen molar-refractivity contribution in [2.45, 2.75) is 12.8 Å². The predicted molar refractivity (Wildman–Crippen MR) is 56.4 cm³/mol. The summed E-state index contributed by atoms with van der Waals surface area (Å²) in [6, 6.07) is 7.50. The van der Waals surface area contributed by atoms with E-state index in [-0.39, 0.29) is 5.91 Å². The molecule has 0 aromatic heterocycles. The van der Waals surface area contributed by atoms with Crippen LogP contribution in [0.25, 0.3) is 0 Å². The Kier molecular flexibility index (Phi) is 2.73. The highest BCUT2D eigenvalue weighted by Gasteiger charge is 2.20. The Hall–Kier alpha value is -1.02. The topological polar surface area (TPSA) is 20.3 Å². The lowest BCUT2D eigenvalue weighted by Crippen LogP contribution is -2.42. The second-order valence-electron chi connectivity index (χ2n) is 3.50. The number of rotatable bonds is 2. The molecule has 1 heterocycles. The Labute approximate surface area is 88.5 Å². The van der Waals surface area contributed by atoms with E-state index < -0.39 is 0 Å². The van der Waals surface area contributed by atoms with Crippen molar-refractivity contribution >= 4 is 17.5 Å². The molecular weight excluding hydrogens is 198 g/mol. The van der Waals surface area contributed by atoms with Gasteiger partial charge in [0.1, 0.15) is 0 Å². The van der Waals surface area contributed by atoms with Gasteiger partial charge in [0.2, 0.25) is 5.91 Å². The molecule has 2 rings (SSSR count). The maximum absolute atomic E-state index is 11.6. The number of hydrogen-bond donors (Lipinski definition) is 0. The lowest BCUT2D eigenvalue weighted by Gasteiger charge is -2.31. The number of hydrogen-bond acceptors (Lipinski definition) is 1. The number of likely N-dealkylation sites (tertiary alicyclic amines) is 1. The fourth-order valence-corrected chi connectivity index (χ4v) is 1.68. The van der Waals surface area contributed by atoms with Gasteiger partial charge in [0.15, 0.2) is 0 Å². The first-order chi connectivity index (χ1) is 6.77. The van der Waals surface area contributed by atoms with Crippen LogP contribution in [0.1, 0.15) is 12.0 Å². The van der Waals surface area contributed by atoms with E-state index in [1.807, 2.05) is 29.2 Å². The molecule has 0 saturated carbocycles. The van der Waals surface area contributed by atoms with Crippen LogP contribution in [0.15, 0.2) is 24.3 Å². The van der Waals surface area contributed by atoms with E-state index in [0.717, 1.165) is 25.1 Å². The molecule has 1 aliphatic rings. The molecule has 0 atom stereocenters. The minimum Gasteiger partial charge on any atom is -0.342 e. The molecule has 1 aromatic carbocycles. The van der Waals surface area contributed by atoms with Gasteiger partial charge in [0.05, 0.1) is 6.42 Å². The minimum absolute atomic E-state index is 0.185. The van der Waals surface area contributed by atoms with Crippen LogP contribution in [0, 0.1) is 0 Å². The maximum Gasteiger partial charge on any atom is 0.227 e. The number of carbonyl (C=O) groups is 1. The van der Waals surface area contributed by atoms with Crippen LogP contribution in [-0.4, -0.2) is 23.9 Å². The highest BCUT2D eigenvalue weighted by molar-refractivity contribution is 6.31. The summed E-state index contributed by atoms with van der Waals surface area (Å²) in [5, 5.41) is 0.682. The van der Waals surface area contributed by atoms with Crippen molar-refractivity contribution in [1.82, 2.24) is 4.90 Å². The van der Waals surface area contributed by atoms with Crippen molar-refractivity contribution in [3.05, 3.63) is 34.9 Å². The van der Waals surface area contributed by atoms with Crippen molar-refractivity contribution < 1.29 is 4.79 Å². The fraction of sp³-hybridized carbons (Fsp3) is 0.364. The molecule has 1 aromatic rings. The van der Waals surface area contributed by atoms with Crippen LogP contribution in [0.4, 0.5) is 0 Å². The zero-order chi connectivity index (χ0) is 9.97. The summed E-state index contributed by atoms with van der Waals surface area (Å²) >= 11 is 5.96. The van der Waals surface area contributed by atoms with Gasteiger partial charge < -0.3 is 4.90 Å². The predicted octanol–water partition coefficient (Wildman–Crippen LogP) is 2.11. The monoisotopic (exact) mass is 209 g/mol. The number of benzene rings is 1. The highest BCUT2D eigenvalue weighted by atomic mass is 35.5. The third-order valence-corrected chi connectivity index (χ3v) is 2.88. The smallest absolute Gasteiger partial charge is 0.227 e. The molecule has 14 heavy (non-hydrogen) atoms. The Morgan fingerprint density at radius 1 is 1.36 bits per heavy atom. The first-order valence-electron chi connectivity index (χ1n) is 4.78. The fourth-order valence-electron chi connectivity index (χ4n) is 1.48. The van der Waals surface area contributed by atoms with E-state index >= 15 is 0 Å². The van der Waals surface area contributed by atoms with Gasteiger partial charge in [-0.2, -0.15) is 0 Å². The highest BCUT2D eigenvalue weighted by Crippen LogP contribution is 2.17. The summed E-state index contributed by atoms with van der Waals surface area (Å²) in [6.07, 6.45) is 1.56. The second-order valence-corrected chi connectivity index (χ2v) is 3.91. The maximum atomic E-state index is 11.6. The van der Waals surface area contributed by atoms with E-state index in [2.05, 4.69) is 0 Å². The minimum atomic E-state index is 0.185. The number of amides is 1. The first-order valence-corrected chi connectivity index (χ1v) is 5.16.